The minimum absolute atomic E-state index is 0.0560. The molecular formula is C17H24BrClN2O4. The molecule has 0 aliphatic rings. The van der Waals surface area contributed by atoms with Crippen molar-refractivity contribution in [2.75, 3.05) is 6.61 Å². The molecule has 1 aromatic carbocycles. The van der Waals surface area contributed by atoms with E-state index in [1.165, 1.54) is 0 Å². The molecule has 0 bridgehead atoms. The smallest absolute Gasteiger partial charge is 0.407 e. The summed E-state index contributed by atoms with van der Waals surface area (Å²) in [5.74, 6) is -0.00129. The van der Waals surface area contributed by atoms with Crippen molar-refractivity contribution in [3.8, 4) is 5.75 Å². The first-order valence-corrected chi connectivity index (χ1v) is 9.00. The SMILES string of the molecule is Cc1cc(Br)c(Cl)c(OCC(CCC(N)=O)OC(=O)NC(C)(C)C)c1. The van der Waals surface area contributed by atoms with Crippen LogP contribution in [0, 0.1) is 6.92 Å². The molecule has 0 aliphatic heterocycles. The Morgan fingerprint density at radius 2 is 2.00 bits per heavy atom. The predicted octanol–water partition coefficient (Wildman–Crippen LogP) is 3.95. The van der Waals surface area contributed by atoms with Crippen LogP contribution in [0.2, 0.25) is 5.02 Å². The number of alkyl carbamates (subject to hydrolysis) is 1. The molecule has 1 aromatic rings. The third-order valence-electron chi connectivity index (χ3n) is 3.03. The third kappa shape index (κ3) is 8.45. The molecule has 6 nitrogen and oxygen atoms in total. The molecule has 1 unspecified atom stereocenters. The van der Waals surface area contributed by atoms with Gasteiger partial charge in [0, 0.05) is 16.4 Å². The van der Waals surface area contributed by atoms with Crippen molar-refractivity contribution in [1.82, 2.24) is 5.32 Å². The Morgan fingerprint density at radius 1 is 1.36 bits per heavy atom. The molecule has 2 amide bonds. The van der Waals surface area contributed by atoms with Crippen LogP contribution in [0.5, 0.6) is 5.75 Å². The second-order valence-electron chi connectivity index (χ2n) is 6.78. The molecule has 0 spiro atoms. The van der Waals surface area contributed by atoms with Gasteiger partial charge < -0.3 is 20.5 Å². The normalized spacial score (nSPS) is 12.4. The average Bonchev–Trinajstić information content (AvgIpc) is 2.44. The summed E-state index contributed by atoms with van der Waals surface area (Å²) in [5, 5.41) is 3.13. The van der Waals surface area contributed by atoms with Crippen molar-refractivity contribution in [3.05, 3.63) is 27.2 Å². The molecule has 0 aromatic heterocycles. The number of rotatable bonds is 7. The van der Waals surface area contributed by atoms with Gasteiger partial charge in [0.2, 0.25) is 5.91 Å². The number of nitrogens with two attached hydrogens (primary N) is 1. The summed E-state index contributed by atoms with van der Waals surface area (Å²) in [5.41, 5.74) is 5.71. The topological polar surface area (TPSA) is 90.7 Å². The number of ether oxygens (including phenoxy) is 2. The first kappa shape index (κ1) is 21.6. The molecule has 1 atom stereocenters. The molecule has 0 saturated carbocycles. The number of hydrogen-bond acceptors (Lipinski definition) is 4. The molecule has 8 heteroatoms. The Bertz CT molecular complexity index is 632. The van der Waals surface area contributed by atoms with Gasteiger partial charge in [0.05, 0.1) is 5.02 Å². The van der Waals surface area contributed by atoms with Gasteiger partial charge in [-0.15, -0.1) is 0 Å². The van der Waals surface area contributed by atoms with Gasteiger partial charge in [0.1, 0.15) is 18.5 Å². The van der Waals surface area contributed by atoms with Gasteiger partial charge in [0.25, 0.3) is 0 Å². The Morgan fingerprint density at radius 3 is 2.56 bits per heavy atom. The number of amides is 2. The minimum atomic E-state index is -0.634. The van der Waals surface area contributed by atoms with Crippen LogP contribution < -0.4 is 15.8 Å². The lowest BCUT2D eigenvalue weighted by molar-refractivity contribution is -0.118. The summed E-state index contributed by atoms with van der Waals surface area (Å²) >= 11 is 9.56. The van der Waals surface area contributed by atoms with Gasteiger partial charge >= 0.3 is 6.09 Å². The van der Waals surface area contributed by atoms with Crippen LogP contribution in [-0.2, 0) is 9.53 Å². The molecule has 0 aliphatic carbocycles. The lowest BCUT2D eigenvalue weighted by atomic mass is 10.1. The highest BCUT2D eigenvalue weighted by molar-refractivity contribution is 9.10. The Balaban J connectivity index is 2.76. The van der Waals surface area contributed by atoms with E-state index in [0.717, 1.165) is 5.56 Å². The van der Waals surface area contributed by atoms with Gasteiger partial charge in [-0.25, -0.2) is 4.79 Å². The van der Waals surface area contributed by atoms with Crippen LogP contribution in [0.25, 0.3) is 0 Å². The highest BCUT2D eigenvalue weighted by atomic mass is 79.9. The van der Waals surface area contributed by atoms with Gasteiger partial charge in [-0.2, -0.15) is 0 Å². The first-order chi connectivity index (χ1) is 11.5. The molecule has 25 heavy (non-hydrogen) atoms. The number of primary amides is 1. The number of aryl methyl sites for hydroxylation is 1. The van der Waals surface area contributed by atoms with E-state index < -0.39 is 23.6 Å². The zero-order valence-corrected chi connectivity index (χ0v) is 17.2. The van der Waals surface area contributed by atoms with E-state index in [9.17, 15) is 9.59 Å². The molecule has 3 N–H and O–H groups in total. The van der Waals surface area contributed by atoms with Crippen molar-refractivity contribution in [2.45, 2.75) is 52.2 Å². The molecule has 0 saturated heterocycles. The molecular weight excluding hydrogens is 412 g/mol. The Kier molecular flexibility index (Phi) is 8.02. The van der Waals surface area contributed by atoms with Crippen LogP contribution in [0.15, 0.2) is 16.6 Å². The summed E-state index contributed by atoms with van der Waals surface area (Å²) < 4.78 is 11.8. The van der Waals surface area contributed by atoms with Crippen molar-refractivity contribution in [3.63, 3.8) is 0 Å². The summed E-state index contributed by atoms with van der Waals surface area (Å²) in [4.78, 5) is 23.0. The van der Waals surface area contributed by atoms with Crippen molar-refractivity contribution in [2.24, 2.45) is 5.73 Å². The number of benzene rings is 1. The maximum absolute atomic E-state index is 12.0. The maximum Gasteiger partial charge on any atom is 0.407 e. The van der Waals surface area contributed by atoms with E-state index in [1.807, 2.05) is 33.8 Å². The molecule has 0 fully saturated rings. The van der Waals surface area contributed by atoms with E-state index in [1.54, 1.807) is 6.07 Å². The summed E-state index contributed by atoms with van der Waals surface area (Å²) in [7, 11) is 0. The maximum atomic E-state index is 12.0. The number of carbonyl (C=O) groups is 2. The second kappa shape index (κ2) is 9.29. The lowest BCUT2D eigenvalue weighted by Gasteiger charge is -2.24. The number of carbonyl (C=O) groups excluding carboxylic acids is 2. The summed E-state index contributed by atoms with van der Waals surface area (Å²) in [6, 6.07) is 3.65. The van der Waals surface area contributed by atoms with Crippen LogP contribution in [0.3, 0.4) is 0 Å². The first-order valence-electron chi connectivity index (χ1n) is 7.83. The molecule has 0 heterocycles. The zero-order chi connectivity index (χ0) is 19.2. The van der Waals surface area contributed by atoms with Gasteiger partial charge in [-0.3, -0.25) is 4.79 Å². The van der Waals surface area contributed by atoms with Crippen molar-refractivity contribution < 1.29 is 19.1 Å². The second-order valence-corrected chi connectivity index (χ2v) is 8.01. The largest absolute Gasteiger partial charge is 0.488 e. The average molecular weight is 436 g/mol. The fourth-order valence-electron chi connectivity index (χ4n) is 1.95. The molecule has 140 valence electrons. The van der Waals surface area contributed by atoms with E-state index in [2.05, 4.69) is 21.2 Å². The van der Waals surface area contributed by atoms with Crippen LogP contribution >= 0.6 is 27.5 Å². The Labute approximate surface area is 161 Å². The van der Waals surface area contributed by atoms with Crippen LogP contribution in [0.1, 0.15) is 39.2 Å². The third-order valence-corrected chi connectivity index (χ3v) is 4.27. The highest BCUT2D eigenvalue weighted by Gasteiger charge is 2.21. The predicted molar refractivity (Wildman–Crippen MR) is 101 cm³/mol. The number of halogens is 2. The molecule has 0 radical (unpaired) electrons. The number of nitrogens with one attached hydrogen (secondary N) is 1. The lowest BCUT2D eigenvalue weighted by Crippen LogP contribution is -2.43. The van der Waals surface area contributed by atoms with Gasteiger partial charge in [-0.1, -0.05) is 11.6 Å². The van der Waals surface area contributed by atoms with E-state index in [0.29, 0.717) is 15.2 Å². The fourth-order valence-corrected chi connectivity index (χ4v) is 2.67. The zero-order valence-electron chi connectivity index (χ0n) is 14.8. The number of hydrogen-bond donors (Lipinski definition) is 2. The van der Waals surface area contributed by atoms with Crippen molar-refractivity contribution in [1.29, 1.82) is 0 Å². The Hall–Kier alpha value is -1.47. The van der Waals surface area contributed by atoms with E-state index in [-0.39, 0.29) is 19.4 Å². The standard InChI is InChI=1S/C17H24BrClN2O4/c1-10-7-12(18)15(19)13(8-10)24-9-11(5-6-14(20)22)25-16(23)21-17(2,3)4/h7-8,11H,5-6,9H2,1-4H3,(H2,20,22)(H,21,23). The highest BCUT2D eigenvalue weighted by Crippen LogP contribution is 2.33. The quantitative estimate of drug-likeness (QED) is 0.678. The van der Waals surface area contributed by atoms with Crippen LogP contribution in [0.4, 0.5) is 4.79 Å². The fraction of sp³-hybridized carbons (Fsp3) is 0.529. The van der Waals surface area contributed by atoms with E-state index >= 15 is 0 Å². The molecule has 1 rings (SSSR count). The van der Waals surface area contributed by atoms with Crippen LogP contribution in [-0.4, -0.2) is 30.3 Å². The van der Waals surface area contributed by atoms with E-state index in [4.69, 9.17) is 26.8 Å². The monoisotopic (exact) mass is 434 g/mol. The van der Waals surface area contributed by atoms with Gasteiger partial charge in [0.15, 0.2) is 0 Å². The van der Waals surface area contributed by atoms with Crippen molar-refractivity contribution >= 4 is 39.5 Å². The van der Waals surface area contributed by atoms with Gasteiger partial charge in [-0.05, 0) is 67.7 Å². The summed E-state index contributed by atoms with van der Waals surface area (Å²) in [6.45, 7) is 7.49. The summed E-state index contributed by atoms with van der Waals surface area (Å²) in [6.07, 6.45) is -0.869. The minimum Gasteiger partial charge on any atom is -0.488 e.